The average Bonchev–Trinajstić information content (AvgIpc) is 2.87. The summed E-state index contributed by atoms with van der Waals surface area (Å²) in [5.41, 5.74) is 7.77. The molecule has 2 aliphatic heterocycles. The molecule has 0 amide bonds. The lowest BCUT2D eigenvalue weighted by Crippen LogP contribution is -2.42. The van der Waals surface area contributed by atoms with Crippen molar-refractivity contribution < 1.29 is 4.74 Å². The van der Waals surface area contributed by atoms with Gasteiger partial charge in [0.2, 0.25) is 0 Å². The van der Waals surface area contributed by atoms with Crippen molar-refractivity contribution in [3.63, 3.8) is 0 Å². The summed E-state index contributed by atoms with van der Waals surface area (Å²) in [5, 5.41) is 0.770. The van der Waals surface area contributed by atoms with Crippen LogP contribution in [0, 0.1) is 5.92 Å². The Labute approximate surface area is 124 Å². The molecule has 3 rings (SSSR count). The van der Waals surface area contributed by atoms with Crippen LogP contribution in [0.15, 0.2) is 24.3 Å². The minimum Gasteiger partial charge on any atom is -0.374 e. The monoisotopic (exact) mass is 297 g/mol. The van der Waals surface area contributed by atoms with Crippen molar-refractivity contribution in [2.45, 2.75) is 30.9 Å². The maximum atomic E-state index is 6.47. The molecule has 0 saturated carbocycles. The van der Waals surface area contributed by atoms with Gasteiger partial charge in [0.05, 0.1) is 5.60 Å². The van der Waals surface area contributed by atoms with Crippen LogP contribution in [0.4, 0.5) is 0 Å². The first kappa shape index (κ1) is 13.7. The SMILES string of the molecule is NC(c1ccc(Cl)cc1)C1CCOC2(CCSC2)C1. The average molecular weight is 298 g/mol. The van der Waals surface area contributed by atoms with Crippen molar-refractivity contribution in [3.05, 3.63) is 34.9 Å². The molecular formula is C15H20ClNOS. The second-order valence-electron chi connectivity index (χ2n) is 5.66. The Morgan fingerprint density at radius 1 is 1.37 bits per heavy atom. The van der Waals surface area contributed by atoms with Gasteiger partial charge >= 0.3 is 0 Å². The zero-order valence-electron chi connectivity index (χ0n) is 11.0. The van der Waals surface area contributed by atoms with E-state index < -0.39 is 0 Å². The number of ether oxygens (including phenoxy) is 1. The molecule has 4 heteroatoms. The van der Waals surface area contributed by atoms with Gasteiger partial charge in [0.25, 0.3) is 0 Å². The second kappa shape index (κ2) is 5.65. The third kappa shape index (κ3) is 2.94. The Morgan fingerprint density at radius 2 is 2.16 bits per heavy atom. The van der Waals surface area contributed by atoms with Gasteiger partial charge in [0, 0.05) is 23.4 Å². The zero-order valence-corrected chi connectivity index (χ0v) is 12.6. The summed E-state index contributed by atoms with van der Waals surface area (Å²) >= 11 is 7.94. The predicted molar refractivity (Wildman–Crippen MR) is 81.7 cm³/mol. The van der Waals surface area contributed by atoms with Crippen molar-refractivity contribution >= 4 is 23.4 Å². The molecule has 1 aromatic rings. The number of hydrogen-bond acceptors (Lipinski definition) is 3. The first-order valence-electron chi connectivity index (χ1n) is 6.91. The maximum Gasteiger partial charge on any atom is 0.0783 e. The van der Waals surface area contributed by atoms with Gasteiger partial charge in [0.15, 0.2) is 0 Å². The van der Waals surface area contributed by atoms with Crippen molar-refractivity contribution in [2.24, 2.45) is 11.7 Å². The highest BCUT2D eigenvalue weighted by Crippen LogP contribution is 2.43. The topological polar surface area (TPSA) is 35.2 Å². The summed E-state index contributed by atoms with van der Waals surface area (Å²) in [6, 6.07) is 8.06. The van der Waals surface area contributed by atoms with E-state index >= 15 is 0 Å². The van der Waals surface area contributed by atoms with E-state index in [0.29, 0.717) is 5.92 Å². The Bertz CT molecular complexity index is 430. The highest BCUT2D eigenvalue weighted by Gasteiger charge is 2.42. The van der Waals surface area contributed by atoms with Crippen LogP contribution < -0.4 is 5.73 Å². The summed E-state index contributed by atoms with van der Waals surface area (Å²) in [4.78, 5) is 0. The molecule has 104 valence electrons. The molecule has 1 aromatic carbocycles. The van der Waals surface area contributed by atoms with Crippen LogP contribution in [0.25, 0.3) is 0 Å². The smallest absolute Gasteiger partial charge is 0.0783 e. The van der Waals surface area contributed by atoms with E-state index in [1.165, 1.54) is 17.7 Å². The van der Waals surface area contributed by atoms with Crippen molar-refractivity contribution in [1.29, 1.82) is 0 Å². The quantitative estimate of drug-likeness (QED) is 0.905. The first-order valence-corrected chi connectivity index (χ1v) is 8.45. The molecule has 3 atom stereocenters. The van der Waals surface area contributed by atoms with Gasteiger partial charge in [0.1, 0.15) is 0 Å². The summed E-state index contributed by atoms with van der Waals surface area (Å²) in [5.74, 6) is 2.88. The van der Waals surface area contributed by atoms with E-state index in [1.807, 2.05) is 23.9 Å². The number of hydrogen-bond donors (Lipinski definition) is 1. The molecule has 2 heterocycles. The van der Waals surface area contributed by atoms with Crippen molar-refractivity contribution in [1.82, 2.24) is 0 Å². The van der Waals surface area contributed by atoms with Crippen LogP contribution in [0.1, 0.15) is 30.9 Å². The van der Waals surface area contributed by atoms with Gasteiger partial charge in [-0.1, -0.05) is 23.7 Å². The minimum atomic E-state index is 0.101. The number of nitrogens with two attached hydrogens (primary N) is 1. The number of rotatable bonds is 2. The van der Waals surface area contributed by atoms with Crippen LogP contribution in [0.2, 0.25) is 5.02 Å². The molecule has 19 heavy (non-hydrogen) atoms. The zero-order chi connectivity index (χ0) is 13.3. The van der Waals surface area contributed by atoms with Gasteiger partial charge in [-0.3, -0.25) is 0 Å². The summed E-state index contributed by atoms with van der Waals surface area (Å²) in [6.07, 6.45) is 3.35. The molecule has 3 unspecified atom stereocenters. The van der Waals surface area contributed by atoms with Crippen LogP contribution in [-0.4, -0.2) is 23.7 Å². The van der Waals surface area contributed by atoms with Gasteiger partial charge in [-0.2, -0.15) is 11.8 Å². The Hall–Kier alpha value is -0.220. The van der Waals surface area contributed by atoms with Crippen molar-refractivity contribution in [2.75, 3.05) is 18.1 Å². The van der Waals surface area contributed by atoms with E-state index in [-0.39, 0.29) is 11.6 Å². The molecule has 2 fully saturated rings. The van der Waals surface area contributed by atoms with Crippen molar-refractivity contribution in [3.8, 4) is 0 Å². The van der Waals surface area contributed by atoms with Crippen LogP contribution in [0.5, 0.6) is 0 Å². The van der Waals surface area contributed by atoms with Gasteiger partial charge in [-0.05, 0) is 48.6 Å². The van der Waals surface area contributed by atoms with E-state index in [2.05, 4.69) is 12.1 Å². The fourth-order valence-corrected chi connectivity index (χ4v) is 4.70. The third-order valence-corrected chi connectivity index (χ3v) is 5.84. The lowest BCUT2D eigenvalue weighted by molar-refractivity contribution is -0.0834. The number of thioether (sulfide) groups is 1. The highest BCUT2D eigenvalue weighted by molar-refractivity contribution is 7.99. The maximum absolute atomic E-state index is 6.47. The van der Waals surface area contributed by atoms with Crippen LogP contribution in [-0.2, 0) is 4.74 Å². The largest absolute Gasteiger partial charge is 0.374 e. The van der Waals surface area contributed by atoms with Crippen LogP contribution in [0.3, 0.4) is 0 Å². The second-order valence-corrected chi connectivity index (χ2v) is 7.21. The molecule has 0 bridgehead atoms. The molecule has 0 aliphatic carbocycles. The summed E-state index contributed by atoms with van der Waals surface area (Å²) in [6.45, 7) is 0.854. The summed E-state index contributed by atoms with van der Waals surface area (Å²) < 4.78 is 6.06. The number of benzene rings is 1. The van der Waals surface area contributed by atoms with Gasteiger partial charge in [-0.15, -0.1) is 0 Å². The first-order chi connectivity index (χ1) is 9.19. The Kier molecular flexibility index (Phi) is 4.08. The lowest BCUT2D eigenvalue weighted by Gasteiger charge is -2.40. The van der Waals surface area contributed by atoms with Crippen LogP contribution >= 0.6 is 23.4 Å². The Morgan fingerprint density at radius 3 is 2.84 bits per heavy atom. The molecule has 2 aliphatic rings. The van der Waals surface area contributed by atoms with E-state index in [9.17, 15) is 0 Å². The highest BCUT2D eigenvalue weighted by atomic mass is 35.5. The lowest BCUT2D eigenvalue weighted by atomic mass is 9.79. The fraction of sp³-hybridized carbons (Fsp3) is 0.600. The normalized spacial score (nSPS) is 32.6. The molecule has 1 spiro atoms. The van der Waals surface area contributed by atoms with Gasteiger partial charge in [-0.25, -0.2) is 0 Å². The van der Waals surface area contributed by atoms with Gasteiger partial charge < -0.3 is 10.5 Å². The standard InChI is InChI=1S/C15H20ClNOS/c16-13-3-1-11(2-4-13)14(17)12-5-7-18-15(9-12)6-8-19-10-15/h1-4,12,14H,5-10,17H2. The number of halogens is 1. The van der Waals surface area contributed by atoms with E-state index in [1.54, 1.807) is 0 Å². The molecule has 0 aromatic heterocycles. The molecule has 0 radical (unpaired) electrons. The molecule has 2 saturated heterocycles. The minimum absolute atomic E-state index is 0.101. The molecule has 2 nitrogen and oxygen atoms in total. The molecule has 2 N–H and O–H groups in total. The van der Waals surface area contributed by atoms with E-state index in [0.717, 1.165) is 30.2 Å². The third-order valence-electron chi connectivity index (χ3n) is 4.36. The fourth-order valence-electron chi connectivity index (χ4n) is 3.19. The van der Waals surface area contributed by atoms with E-state index in [4.69, 9.17) is 22.1 Å². The molecular weight excluding hydrogens is 278 g/mol. The Balaban J connectivity index is 1.72. The predicted octanol–water partition coefficient (Wildman–Crippen LogP) is 3.64. The summed E-state index contributed by atoms with van der Waals surface area (Å²) in [7, 11) is 0.